The summed E-state index contributed by atoms with van der Waals surface area (Å²) in [6, 6.07) is 4.73. The number of carbonyl (C=O) groups excluding carboxylic acids is 1. The molecule has 1 aliphatic heterocycles. The lowest BCUT2D eigenvalue weighted by Crippen LogP contribution is -2.51. The summed E-state index contributed by atoms with van der Waals surface area (Å²) < 4.78 is 36.8. The number of hydrogen-bond donors (Lipinski definition) is 1. The van der Waals surface area contributed by atoms with Gasteiger partial charge in [-0.05, 0) is 12.1 Å². The lowest BCUT2D eigenvalue weighted by molar-refractivity contribution is -0.148. The summed E-state index contributed by atoms with van der Waals surface area (Å²) >= 11 is 0. The van der Waals surface area contributed by atoms with Crippen molar-refractivity contribution in [1.29, 1.82) is 0 Å². The number of anilines is 1. The van der Waals surface area contributed by atoms with Crippen molar-refractivity contribution in [2.24, 2.45) is 0 Å². The van der Waals surface area contributed by atoms with Crippen molar-refractivity contribution in [1.82, 2.24) is 14.8 Å². The standard InChI is InChI=1S/C12H15F3N4O/c13-12(14,15)8-18-4-6-19(7-5-18)11(20)9-2-1-3-10(16)17-9/h1-3H,4-8H2,(H2,16,17). The van der Waals surface area contributed by atoms with Crippen molar-refractivity contribution in [3.63, 3.8) is 0 Å². The lowest BCUT2D eigenvalue weighted by Gasteiger charge is -2.34. The van der Waals surface area contributed by atoms with Crippen LogP contribution in [0.25, 0.3) is 0 Å². The molecule has 2 heterocycles. The zero-order valence-corrected chi connectivity index (χ0v) is 10.7. The average Bonchev–Trinajstić information content (AvgIpc) is 2.37. The van der Waals surface area contributed by atoms with Crippen LogP contribution in [0.5, 0.6) is 0 Å². The maximum absolute atomic E-state index is 12.3. The van der Waals surface area contributed by atoms with E-state index >= 15 is 0 Å². The topological polar surface area (TPSA) is 62.5 Å². The molecule has 0 spiro atoms. The molecule has 20 heavy (non-hydrogen) atoms. The normalized spacial score (nSPS) is 17.2. The van der Waals surface area contributed by atoms with Crippen LogP contribution >= 0.6 is 0 Å². The Hall–Kier alpha value is -1.83. The molecule has 0 aromatic carbocycles. The van der Waals surface area contributed by atoms with Gasteiger partial charge in [0.15, 0.2) is 0 Å². The van der Waals surface area contributed by atoms with Crippen molar-refractivity contribution in [3.05, 3.63) is 23.9 Å². The highest BCUT2D eigenvalue weighted by Gasteiger charge is 2.33. The van der Waals surface area contributed by atoms with Crippen LogP contribution in [0.3, 0.4) is 0 Å². The van der Waals surface area contributed by atoms with Crippen LogP contribution in [-0.2, 0) is 0 Å². The Morgan fingerprint density at radius 1 is 1.25 bits per heavy atom. The molecule has 5 nitrogen and oxygen atoms in total. The summed E-state index contributed by atoms with van der Waals surface area (Å²) in [4.78, 5) is 18.8. The lowest BCUT2D eigenvalue weighted by atomic mass is 10.2. The van der Waals surface area contributed by atoms with Crippen LogP contribution < -0.4 is 5.73 Å². The Bertz CT molecular complexity index is 484. The van der Waals surface area contributed by atoms with Crippen LogP contribution in [0.4, 0.5) is 19.0 Å². The van der Waals surface area contributed by atoms with Crippen molar-refractivity contribution >= 4 is 11.7 Å². The molecule has 0 bridgehead atoms. The average molecular weight is 288 g/mol. The highest BCUT2D eigenvalue weighted by atomic mass is 19.4. The second-order valence-electron chi connectivity index (χ2n) is 4.63. The molecule has 0 atom stereocenters. The minimum absolute atomic E-state index is 0.202. The Labute approximate surface area is 114 Å². The molecule has 1 amide bonds. The second kappa shape index (κ2) is 5.66. The maximum Gasteiger partial charge on any atom is 0.401 e. The number of aromatic nitrogens is 1. The highest BCUT2D eigenvalue weighted by Crippen LogP contribution is 2.18. The number of alkyl halides is 3. The van der Waals surface area contributed by atoms with Gasteiger partial charge in [-0.15, -0.1) is 0 Å². The molecular weight excluding hydrogens is 273 g/mol. The first-order chi connectivity index (χ1) is 9.35. The minimum Gasteiger partial charge on any atom is -0.384 e. The van der Waals surface area contributed by atoms with Crippen molar-refractivity contribution in [2.75, 3.05) is 38.5 Å². The number of piperazine rings is 1. The number of nitrogen functional groups attached to an aromatic ring is 1. The maximum atomic E-state index is 12.3. The van der Waals surface area contributed by atoms with E-state index in [0.717, 1.165) is 0 Å². The number of rotatable bonds is 2. The quantitative estimate of drug-likeness (QED) is 0.881. The minimum atomic E-state index is -4.21. The van der Waals surface area contributed by atoms with Crippen LogP contribution in [0.1, 0.15) is 10.5 Å². The van der Waals surface area contributed by atoms with Gasteiger partial charge in [0.25, 0.3) is 5.91 Å². The molecule has 1 fully saturated rings. The van der Waals surface area contributed by atoms with Gasteiger partial charge in [-0.3, -0.25) is 9.69 Å². The molecule has 1 aromatic heterocycles. The van der Waals surface area contributed by atoms with E-state index < -0.39 is 12.7 Å². The smallest absolute Gasteiger partial charge is 0.384 e. The summed E-state index contributed by atoms with van der Waals surface area (Å²) in [6.07, 6.45) is -4.21. The molecule has 1 aromatic rings. The van der Waals surface area contributed by atoms with Gasteiger partial charge in [0.1, 0.15) is 11.5 Å². The van der Waals surface area contributed by atoms with E-state index in [4.69, 9.17) is 5.73 Å². The third-order valence-corrected chi connectivity index (χ3v) is 3.05. The van der Waals surface area contributed by atoms with Gasteiger partial charge in [0.05, 0.1) is 6.54 Å². The SMILES string of the molecule is Nc1cccc(C(=O)N2CCN(CC(F)(F)F)CC2)n1. The number of nitrogens with zero attached hydrogens (tertiary/aromatic N) is 3. The van der Waals surface area contributed by atoms with Crippen molar-refractivity contribution in [3.8, 4) is 0 Å². The zero-order chi connectivity index (χ0) is 14.8. The summed E-state index contributed by atoms with van der Waals surface area (Å²) in [5, 5.41) is 0. The predicted molar refractivity (Wildman–Crippen MR) is 67.0 cm³/mol. The van der Waals surface area contributed by atoms with Crippen LogP contribution in [0.15, 0.2) is 18.2 Å². The van der Waals surface area contributed by atoms with Gasteiger partial charge in [0.2, 0.25) is 0 Å². The molecule has 1 saturated heterocycles. The Balaban J connectivity index is 1.92. The number of halogens is 3. The number of carbonyl (C=O) groups is 1. The zero-order valence-electron chi connectivity index (χ0n) is 10.7. The van der Waals surface area contributed by atoms with Crippen LogP contribution in [0.2, 0.25) is 0 Å². The fraction of sp³-hybridized carbons (Fsp3) is 0.500. The number of amides is 1. The summed E-state index contributed by atoms with van der Waals surface area (Å²) in [5.74, 6) is -0.0597. The highest BCUT2D eigenvalue weighted by molar-refractivity contribution is 5.92. The summed E-state index contributed by atoms with van der Waals surface area (Å²) in [5.41, 5.74) is 5.72. The van der Waals surface area contributed by atoms with Crippen LogP contribution in [-0.4, -0.2) is 59.6 Å². The Morgan fingerprint density at radius 2 is 1.90 bits per heavy atom. The van der Waals surface area contributed by atoms with E-state index in [1.165, 1.54) is 9.80 Å². The van der Waals surface area contributed by atoms with E-state index in [1.54, 1.807) is 18.2 Å². The van der Waals surface area contributed by atoms with E-state index in [9.17, 15) is 18.0 Å². The van der Waals surface area contributed by atoms with E-state index in [2.05, 4.69) is 4.98 Å². The van der Waals surface area contributed by atoms with Gasteiger partial charge in [-0.25, -0.2) is 4.98 Å². The molecule has 2 rings (SSSR count). The molecule has 0 radical (unpaired) electrons. The monoisotopic (exact) mass is 288 g/mol. The van der Waals surface area contributed by atoms with Gasteiger partial charge in [-0.2, -0.15) is 13.2 Å². The fourth-order valence-electron chi connectivity index (χ4n) is 2.10. The number of pyridine rings is 1. The molecule has 8 heteroatoms. The number of hydrogen-bond acceptors (Lipinski definition) is 4. The van der Waals surface area contributed by atoms with E-state index in [-0.39, 0.29) is 43.6 Å². The Kier molecular flexibility index (Phi) is 4.12. The largest absolute Gasteiger partial charge is 0.401 e. The molecule has 2 N–H and O–H groups in total. The van der Waals surface area contributed by atoms with Gasteiger partial charge >= 0.3 is 6.18 Å². The summed E-state index contributed by atoms with van der Waals surface area (Å²) in [6.45, 7) is -0.0243. The van der Waals surface area contributed by atoms with Crippen molar-refractivity contribution in [2.45, 2.75) is 6.18 Å². The third kappa shape index (κ3) is 3.83. The van der Waals surface area contributed by atoms with Gasteiger partial charge in [-0.1, -0.05) is 6.07 Å². The molecule has 110 valence electrons. The van der Waals surface area contributed by atoms with E-state index in [1.807, 2.05) is 0 Å². The third-order valence-electron chi connectivity index (χ3n) is 3.05. The first kappa shape index (κ1) is 14.6. The number of nitrogens with two attached hydrogens (primary N) is 1. The van der Waals surface area contributed by atoms with Crippen molar-refractivity contribution < 1.29 is 18.0 Å². The van der Waals surface area contributed by atoms with Crippen LogP contribution in [0, 0.1) is 0 Å². The fourth-order valence-corrected chi connectivity index (χ4v) is 2.10. The predicted octanol–water partition coefficient (Wildman–Crippen LogP) is 0.984. The molecule has 0 aliphatic carbocycles. The summed E-state index contributed by atoms with van der Waals surface area (Å²) in [7, 11) is 0. The molecular formula is C12H15F3N4O. The molecule has 0 unspecified atom stereocenters. The second-order valence-corrected chi connectivity index (χ2v) is 4.63. The first-order valence-electron chi connectivity index (χ1n) is 6.16. The molecule has 0 saturated carbocycles. The molecule has 1 aliphatic rings. The first-order valence-corrected chi connectivity index (χ1v) is 6.16. The van der Waals surface area contributed by atoms with Gasteiger partial charge in [0, 0.05) is 26.2 Å². The Morgan fingerprint density at radius 3 is 2.45 bits per heavy atom. The van der Waals surface area contributed by atoms with Gasteiger partial charge < -0.3 is 10.6 Å². The van der Waals surface area contributed by atoms with E-state index in [0.29, 0.717) is 0 Å².